The lowest BCUT2D eigenvalue weighted by molar-refractivity contribution is 0.251. The van der Waals surface area contributed by atoms with Gasteiger partial charge in [-0.2, -0.15) is 0 Å². The largest absolute Gasteiger partial charge is 0.436 e. The van der Waals surface area contributed by atoms with Crippen molar-refractivity contribution >= 4 is 65.5 Å². The monoisotopic (exact) mass is 674 g/mol. The van der Waals surface area contributed by atoms with Crippen molar-refractivity contribution in [1.29, 1.82) is 0 Å². The van der Waals surface area contributed by atoms with Gasteiger partial charge in [0.2, 0.25) is 0 Å². The van der Waals surface area contributed by atoms with Crippen LogP contribution in [0.25, 0.3) is 0 Å². The Morgan fingerprint density at radius 2 is 1.31 bits per heavy atom. The van der Waals surface area contributed by atoms with Crippen LogP contribution in [-0.4, -0.2) is 74.3 Å². The maximum atomic E-state index is 12.8. The molecule has 42 heavy (non-hydrogen) atoms. The summed E-state index contributed by atoms with van der Waals surface area (Å²) in [5, 5.41) is 11.7. The summed E-state index contributed by atoms with van der Waals surface area (Å²) in [4.78, 5) is 25.4. The average Bonchev–Trinajstić information content (AvgIpc) is 2.79. The van der Waals surface area contributed by atoms with Crippen molar-refractivity contribution in [3.8, 4) is 0 Å². The molecule has 0 saturated carbocycles. The zero-order valence-corrected chi connectivity index (χ0v) is 33.6. The van der Waals surface area contributed by atoms with E-state index in [0.717, 1.165) is 18.0 Å². The Labute approximate surface area is 260 Å². The van der Waals surface area contributed by atoms with Crippen molar-refractivity contribution in [2.75, 3.05) is 30.8 Å². The fourth-order valence-electron chi connectivity index (χ4n) is 4.50. The van der Waals surface area contributed by atoms with Crippen LogP contribution < -0.4 is 21.3 Å². The molecule has 10 nitrogen and oxygen atoms in total. The van der Waals surface area contributed by atoms with E-state index in [4.69, 9.17) is 16.8 Å². The molecule has 0 aliphatic heterocycles. The van der Waals surface area contributed by atoms with Crippen LogP contribution in [-0.2, 0) is 16.8 Å². The summed E-state index contributed by atoms with van der Waals surface area (Å²) in [5.41, 5.74) is 2.17. The van der Waals surface area contributed by atoms with E-state index in [2.05, 4.69) is 100 Å². The van der Waals surface area contributed by atoms with Gasteiger partial charge in [-0.15, -0.1) is 0 Å². The minimum Gasteiger partial charge on any atom is -0.436 e. The van der Waals surface area contributed by atoms with E-state index in [9.17, 15) is 9.59 Å². The van der Waals surface area contributed by atoms with Crippen LogP contribution in [0, 0.1) is 6.92 Å². The van der Waals surface area contributed by atoms with E-state index in [-0.39, 0.29) is 17.6 Å². The first-order chi connectivity index (χ1) is 19.0. The van der Waals surface area contributed by atoms with Gasteiger partial charge in [0.15, 0.2) is 25.0 Å². The van der Waals surface area contributed by atoms with Gasteiger partial charge in [0.1, 0.15) is 0 Å². The van der Waals surface area contributed by atoms with Gasteiger partial charge in [-0.1, -0.05) is 13.0 Å². The second-order valence-electron chi connectivity index (χ2n) is 14.2. The standard InChI is InChI=1S/C27H58N4O6Si5/c1-22-16-17-24(20-25(22)31-26(32)28-18-15-19-41(13,34-3)35-38(4,5)6)30-27(33)29-21-23(2)42(14,36-39(7,8)9)37-40(10,11)12/h16-17,20,23H,15,18-19,21H2,1-14H3,(H2,28,31,32)(H2,29,30,33). The first-order valence-electron chi connectivity index (χ1n) is 14.8. The molecular formula is C27H58N4O6Si5. The molecule has 1 rings (SSSR count). The van der Waals surface area contributed by atoms with Crippen LogP contribution in [0.4, 0.5) is 21.0 Å². The van der Waals surface area contributed by atoms with Gasteiger partial charge < -0.3 is 38.0 Å². The van der Waals surface area contributed by atoms with Crippen LogP contribution in [0.15, 0.2) is 18.2 Å². The molecule has 4 amide bonds. The minimum absolute atomic E-state index is 0.0622. The fourth-order valence-corrected chi connectivity index (χ4v) is 23.8. The molecule has 2 atom stereocenters. The van der Waals surface area contributed by atoms with Crippen molar-refractivity contribution in [2.24, 2.45) is 0 Å². The number of carbonyl (C=O) groups is 2. The van der Waals surface area contributed by atoms with Crippen LogP contribution in [0.1, 0.15) is 18.9 Å². The number of nitrogens with one attached hydrogen (secondary N) is 4. The molecule has 0 bridgehead atoms. The first-order valence-corrected chi connectivity index (χ1v) is 30.0. The lowest BCUT2D eigenvalue weighted by Gasteiger charge is -2.42. The van der Waals surface area contributed by atoms with E-state index in [1.54, 1.807) is 13.2 Å². The third-order valence-electron chi connectivity index (χ3n) is 6.27. The number of anilines is 2. The number of amides is 4. The molecule has 0 saturated heterocycles. The lowest BCUT2D eigenvalue weighted by Crippen LogP contribution is -2.56. The summed E-state index contributed by atoms with van der Waals surface area (Å²) in [7, 11) is -8.48. The van der Waals surface area contributed by atoms with Gasteiger partial charge in [-0.05, 0) is 109 Å². The Morgan fingerprint density at radius 3 is 1.81 bits per heavy atom. The van der Waals surface area contributed by atoms with Crippen molar-refractivity contribution < 1.29 is 26.4 Å². The molecule has 2 unspecified atom stereocenters. The predicted molar refractivity (Wildman–Crippen MR) is 188 cm³/mol. The summed E-state index contributed by atoms with van der Waals surface area (Å²) < 4.78 is 25.3. The number of rotatable bonds is 16. The van der Waals surface area contributed by atoms with Crippen molar-refractivity contribution in [3.63, 3.8) is 0 Å². The summed E-state index contributed by atoms with van der Waals surface area (Å²) in [6.45, 7) is 28.7. The summed E-state index contributed by atoms with van der Waals surface area (Å²) in [5.74, 6) is 0. The molecule has 15 heteroatoms. The van der Waals surface area contributed by atoms with Crippen molar-refractivity contribution in [1.82, 2.24) is 10.6 Å². The molecule has 0 heterocycles. The predicted octanol–water partition coefficient (Wildman–Crippen LogP) is 7.36. The summed E-state index contributed by atoms with van der Waals surface area (Å²) in [6, 6.07) is 5.63. The fraction of sp³-hybridized carbons (Fsp3) is 0.704. The van der Waals surface area contributed by atoms with Gasteiger partial charge in [0.05, 0.1) is 0 Å². The molecule has 4 N–H and O–H groups in total. The molecule has 0 fully saturated rings. The lowest BCUT2D eigenvalue weighted by atomic mass is 10.2. The van der Waals surface area contributed by atoms with Gasteiger partial charge in [0.25, 0.3) is 0 Å². The van der Waals surface area contributed by atoms with E-state index in [1.807, 2.05) is 19.1 Å². The number of hydrogen-bond acceptors (Lipinski definition) is 6. The van der Waals surface area contributed by atoms with Gasteiger partial charge >= 0.3 is 29.2 Å². The highest BCUT2D eigenvalue weighted by Crippen LogP contribution is 2.30. The second kappa shape index (κ2) is 15.6. The molecule has 0 aromatic heterocycles. The molecule has 242 valence electrons. The Bertz CT molecular complexity index is 1030. The summed E-state index contributed by atoms with van der Waals surface area (Å²) in [6.07, 6.45) is 0.765. The van der Waals surface area contributed by atoms with Gasteiger partial charge in [-0.3, -0.25) is 0 Å². The molecule has 0 aliphatic rings. The smallest absolute Gasteiger partial charge is 0.324 e. The molecule has 1 aromatic carbocycles. The molecular weight excluding hydrogens is 617 g/mol. The van der Waals surface area contributed by atoms with E-state index in [0.29, 0.717) is 24.5 Å². The van der Waals surface area contributed by atoms with Gasteiger partial charge in [0, 0.05) is 37.1 Å². The highest BCUT2D eigenvalue weighted by Gasteiger charge is 2.45. The second-order valence-corrected chi connectivity index (χ2v) is 35.6. The molecule has 1 aromatic rings. The van der Waals surface area contributed by atoms with Crippen LogP contribution in [0.5, 0.6) is 0 Å². The topological polar surface area (TPSA) is 119 Å². The number of benzene rings is 1. The quantitative estimate of drug-likeness (QED) is 0.107. The first kappa shape index (κ1) is 38.7. The van der Waals surface area contributed by atoms with Crippen LogP contribution in [0.2, 0.25) is 83.6 Å². The third kappa shape index (κ3) is 15.4. The SMILES string of the molecule is CO[Si](C)(CCCNC(=O)Nc1cc(NC(=O)NCC(C)[Si](C)(O[Si](C)(C)C)O[Si](C)(C)C)ccc1C)O[Si](C)(C)C. The summed E-state index contributed by atoms with van der Waals surface area (Å²) >= 11 is 0. The van der Waals surface area contributed by atoms with Crippen molar-refractivity contribution in [2.45, 2.75) is 104 Å². The minimum atomic E-state index is -2.54. The van der Waals surface area contributed by atoms with Crippen LogP contribution >= 0.6 is 0 Å². The van der Waals surface area contributed by atoms with Gasteiger partial charge in [-0.25, -0.2) is 9.59 Å². The van der Waals surface area contributed by atoms with E-state index < -0.39 is 42.1 Å². The Hall–Kier alpha value is -1.32. The van der Waals surface area contributed by atoms with Crippen molar-refractivity contribution in [3.05, 3.63) is 23.8 Å². The highest BCUT2D eigenvalue weighted by atomic mass is 28.5. The zero-order valence-electron chi connectivity index (χ0n) is 28.6. The number of aryl methyl sites for hydroxylation is 1. The number of urea groups is 2. The normalized spacial score (nSPS) is 15.0. The Balaban J connectivity index is 2.71. The maximum Gasteiger partial charge on any atom is 0.324 e. The Morgan fingerprint density at radius 1 is 0.786 bits per heavy atom. The highest BCUT2D eigenvalue weighted by molar-refractivity contribution is 6.88. The average molecular weight is 675 g/mol. The number of hydrogen-bond donors (Lipinski definition) is 4. The zero-order chi connectivity index (χ0) is 32.6. The van der Waals surface area contributed by atoms with Crippen LogP contribution in [0.3, 0.4) is 0 Å². The maximum absolute atomic E-state index is 12.8. The van der Waals surface area contributed by atoms with E-state index in [1.165, 1.54) is 0 Å². The molecule has 0 aliphatic carbocycles. The number of carbonyl (C=O) groups excluding carboxylic acids is 2. The molecule has 0 radical (unpaired) electrons. The third-order valence-corrected chi connectivity index (χ3v) is 22.7. The molecule has 0 spiro atoms. The van der Waals surface area contributed by atoms with E-state index >= 15 is 0 Å². The Kier molecular flexibility index (Phi) is 14.4.